The molecule has 0 spiro atoms. The molecule has 0 bridgehead atoms. The van der Waals surface area contributed by atoms with Crippen molar-refractivity contribution in [3.05, 3.63) is 34.3 Å². The molecule has 1 amide bonds. The fraction of sp³-hybridized carbons (Fsp3) is 0.467. The Morgan fingerprint density at radius 1 is 1.40 bits per heavy atom. The van der Waals surface area contributed by atoms with Crippen LogP contribution in [0.3, 0.4) is 0 Å². The van der Waals surface area contributed by atoms with E-state index in [1.165, 1.54) is 0 Å². The number of benzene rings is 1. The highest BCUT2D eigenvalue weighted by molar-refractivity contribution is 9.10. The molecule has 1 saturated carbocycles. The first-order valence-electron chi connectivity index (χ1n) is 6.69. The first kappa shape index (κ1) is 15.0. The number of carbonyl (C=O) groups is 2. The second kappa shape index (κ2) is 5.95. The molecule has 1 aliphatic carbocycles. The molecular weight excluding hydrogens is 322 g/mol. The minimum Gasteiger partial charge on any atom is -0.481 e. The van der Waals surface area contributed by atoms with Crippen molar-refractivity contribution in [1.82, 2.24) is 5.32 Å². The van der Waals surface area contributed by atoms with Crippen LogP contribution in [0.5, 0.6) is 0 Å². The van der Waals surface area contributed by atoms with Gasteiger partial charge in [-0.3, -0.25) is 9.59 Å². The van der Waals surface area contributed by atoms with E-state index in [-0.39, 0.29) is 18.4 Å². The van der Waals surface area contributed by atoms with Crippen molar-refractivity contribution in [2.45, 2.75) is 38.6 Å². The summed E-state index contributed by atoms with van der Waals surface area (Å²) in [5.74, 6) is -0.948. The smallest absolute Gasteiger partial charge is 0.311 e. The molecule has 2 rings (SSSR count). The fourth-order valence-corrected chi connectivity index (χ4v) is 2.95. The molecule has 1 aromatic rings. The largest absolute Gasteiger partial charge is 0.481 e. The lowest BCUT2D eigenvalue weighted by molar-refractivity contribution is -0.149. The predicted molar refractivity (Wildman–Crippen MR) is 79.4 cm³/mol. The molecule has 0 heterocycles. The lowest BCUT2D eigenvalue weighted by Gasteiger charge is -2.27. The third-order valence-corrected chi connectivity index (χ3v) is 4.59. The molecule has 1 aromatic carbocycles. The van der Waals surface area contributed by atoms with Gasteiger partial charge in [0.2, 0.25) is 5.91 Å². The number of hydrogen-bond acceptors (Lipinski definition) is 2. The van der Waals surface area contributed by atoms with Crippen LogP contribution < -0.4 is 5.32 Å². The minimum atomic E-state index is -0.838. The summed E-state index contributed by atoms with van der Waals surface area (Å²) in [6.07, 6.45) is 2.46. The molecule has 2 N–H and O–H groups in total. The van der Waals surface area contributed by atoms with Gasteiger partial charge in [0.1, 0.15) is 0 Å². The Morgan fingerprint density at radius 3 is 2.65 bits per heavy atom. The van der Waals surface area contributed by atoms with Crippen LogP contribution in [0.15, 0.2) is 28.7 Å². The van der Waals surface area contributed by atoms with Gasteiger partial charge in [0.15, 0.2) is 0 Å². The van der Waals surface area contributed by atoms with Crippen molar-refractivity contribution < 1.29 is 14.7 Å². The summed E-state index contributed by atoms with van der Waals surface area (Å²) in [7, 11) is 0. The van der Waals surface area contributed by atoms with Crippen molar-refractivity contribution in [2.24, 2.45) is 5.41 Å². The third kappa shape index (κ3) is 3.20. The van der Waals surface area contributed by atoms with Crippen molar-refractivity contribution in [3.63, 3.8) is 0 Å². The Balaban J connectivity index is 1.98. The first-order valence-corrected chi connectivity index (χ1v) is 7.48. The van der Waals surface area contributed by atoms with E-state index in [1.807, 2.05) is 24.3 Å². The van der Waals surface area contributed by atoms with Crippen LogP contribution >= 0.6 is 15.9 Å². The van der Waals surface area contributed by atoms with E-state index in [1.54, 1.807) is 6.92 Å². The normalized spacial score (nSPS) is 25.4. The van der Waals surface area contributed by atoms with E-state index < -0.39 is 11.4 Å². The van der Waals surface area contributed by atoms with E-state index in [4.69, 9.17) is 0 Å². The van der Waals surface area contributed by atoms with Crippen LogP contribution in [0, 0.1) is 5.41 Å². The summed E-state index contributed by atoms with van der Waals surface area (Å²) in [4.78, 5) is 23.4. The van der Waals surface area contributed by atoms with Gasteiger partial charge in [-0.05, 0) is 37.5 Å². The number of carbonyl (C=O) groups excluding carboxylic acids is 1. The Hall–Kier alpha value is -1.36. The van der Waals surface area contributed by atoms with Gasteiger partial charge in [0.05, 0.1) is 11.8 Å². The average molecular weight is 340 g/mol. The van der Waals surface area contributed by atoms with E-state index in [0.29, 0.717) is 6.42 Å². The second-order valence-electron chi connectivity index (χ2n) is 5.54. The van der Waals surface area contributed by atoms with E-state index >= 15 is 0 Å². The maximum atomic E-state index is 12.0. The third-order valence-electron chi connectivity index (χ3n) is 4.06. The van der Waals surface area contributed by atoms with E-state index in [2.05, 4.69) is 21.2 Å². The van der Waals surface area contributed by atoms with Crippen molar-refractivity contribution in [2.75, 3.05) is 0 Å². The number of rotatable bonds is 4. The standard InChI is InChI=1S/C15H18BrNO3/c1-15(14(19)20)8-2-3-12(15)17-13(18)9-10-4-6-11(16)7-5-10/h4-7,12H,2-3,8-9H2,1H3,(H,17,18)(H,19,20). The molecule has 0 aromatic heterocycles. The number of halogens is 1. The van der Waals surface area contributed by atoms with E-state index in [9.17, 15) is 14.7 Å². The van der Waals surface area contributed by atoms with Crippen molar-refractivity contribution in [3.8, 4) is 0 Å². The summed E-state index contributed by atoms with van der Waals surface area (Å²) < 4.78 is 0.968. The molecule has 108 valence electrons. The average Bonchev–Trinajstić information content (AvgIpc) is 2.75. The number of aliphatic carboxylic acids is 1. The SMILES string of the molecule is CC1(C(=O)O)CCCC1NC(=O)Cc1ccc(Br)cc1. The molecule has 4 nitrogen and oxygen atoms in total. The summed E-state index contributed by atoms with van der Waals surface area (Å²) >= 11 is 3.35. The van der Waals surface area contributed by atoms with Gasteiger partial charge < -0.3 is 10.4 Å². The van der Waals surface area contributed by atoms with E-state index in [0.717, 1.165) is 22.9 Å². The number of carboxylic acid groups (broad SMARTS) is 1. The molecule has 1 aliphatic rings. The zero-order valence-electron chi connectivity index (χ0n) is 11.4. The van der Waals surface area contributed by atoms with Crippen molar-refractivity contribution in [1.29, 1.82) is 0 Å². The lowest BCUT2D eigenvalue weighted by Crippen LogP contribution is -2.47. The quantitative estimate of drug-likeness (QED) is 0.886. The minimum absolute atomic E-state index is 0.119. The molecule has 0 radical (unpaired) electrons. The second-order valence-corrected chi connectivity index (χ2v) is 6.45. The van der Waals surface area contributed by atoms with Crippen molar-refractivity contribution >= 4 is 27.8 Å². The highest BCUT2D eigenvalue weighted by Crippen LogP contribution is 2.38. The van der Waals surface area contributed by atoms with Gasteiger partial charge in [0, 0.05) is 10.5 Å². The highest BCUT2D eigenvalue weighted by Gasteiger charge is 2.45. The summed E-state index contributed by atoms with van der Waals surface area (Å²) in [6.45, 7) is 1.72. The van der Waals surface area contributed by atoms with Gasteiger partial charge in [0.25, 0.3) is 0 Å². The van der Waals surface area contributed by atoms with Gasteiger partial charge in [-0.2, -0.15) is 0 Å². The topological polar surface area (TPSA) is 66.4 Å². The molecular formula is C15H18BrNO3. The lowest BCUT2D eigenvalue weighted by atomic mass is 9.85. The number of nitrogens with one attached hydrogen (secondary N) is 1. The Bertz CT molecular complexity index is 514. The first-order chi connectivity index (χ1) is 9.41. The molecule has 0 saturated heterocycles. The molecule has 1 fully saturated rings. The highest BCUT2D eigenvalue weighted by atomic mass is 79.9. The molecule has 2 atom stereocenters. The maximum Gasteiger partial charge on any atom is 0.311 e. The summed E-state index contributed by atoms with van der Waals surface area (Å²) in [5.41, 5.74) is 0.0794. The number of carboxylic acids is 1. The Kier molecular flexibility index (Phi) is 4.48. The Labute approximate surface area is 126 Å². The van der Waals surface area contributed by atoms with Crippen LogP contribution in [-0.4, -0.2) is 23.0 Å². The summed E-state index contributed by atoms with van der Waals surface area (Å²) in [6, 6.07) is 7.27. The molecule has 20 heavy (non-hydrogen) atoms. The number of hydrogen-bond donors (Lipinski definition) is 2. The zero-order chi connectivity index (χ0) is 14.8. The van der Waals surface area contributed by atoms with Gasteiger partial charge in [-0.1, -0.05) is 34.5 Å². The molecule has 5 heteroatoms. The Morgan fingerprint density at radius 2 is 2.05 bits per heavy atom. The van der Waals surface area contributed by atoms with Crippen LogP contribution in [0.2, 0.25) is 0 Å². The monoisotopic (exact) mass is 339 g/mol. The predicted octanol–water partition coefficient (Wildman–Crippen LogP) is 2.75. The van der Waals surface area contributed by atoms with Crippen LogP contribution in [-0.2, 0) is 16.0 Å². The van der Waals surface area contributed by atoms with Crippen LogP contribution in [0.25, 0.3) is 0 Å². The van der Waals surface area contributed by atoms with Crippen LogP contribution in [0.1, 0.15) is 31.7 Å². The van der Waals surface area contributed by atoms with Gasteiger partial charge in [-0.25, -0.2) is 0 Å². The summed E-state index contributed by atoms with van der Waals surface area (Å²) in [5, 5.41) is 12.2. The molecule has 0 aliphatic heterocycles. The van der Waals surface area contributed by atoms with Gasteiger partial charge >= 0.3 is 5.97 Å². The number of amides is 1. The van der Waals surface area contributed by atoms with Crippen LogP contribution in [0.4, 0.5) is 0 Å². The molecule has 2 unspecified atom stereocenters. The maximum absolute atomic E-state index is 12.0. The fourth-order valence-electron chi connectivity index (χ4n) is 2.69. The zero-order valence-corrected chi connectivity index (χ0v) is 12.9. The van der Waals surface area contributed by atoms with Gasteiger partial charge in [-0.15, -0.1) is 0 Å².